The summed E-state index contributed by atoms with van der Waals surface area (Å²) in [6.45, 7) is 0. The Balaban J connectivity index is 1.85. The standard InChI is InChI=1S/C15H10F2N2O2S/c16-9-4-5-11(10(17)7-9)19-14(20)8-12(15(19)21)22-13-3-1-2-6-18-13/h1-7,12H,8H2/t12-/m1/s1. The zero-order valence-corrected chi connectivity index (χ0v) is 12.0. The van der Waals surface area contributed by atoms with Crippen LogP contribution in [0.1, 0.15) is 6.42 Å². The second kappa shape index (κ2) is 5.84. The first-order chi connectivity index (χ1) is 10.6. The van der Waals surface area contributed by atoms with Gasteiger partial charge in [-0.3, -0.25) is 9.59 Å². The van der Waals surface area contributed by atoms with Crippen LogP contribution >= 0.6 is 11.8 Å². The summed E-state index contributed by atoms with van der Waals surface area (Å²) in [6, 6.07) is 7.99. The molecule has 1 aliphatic rings. The molecule has 4 nitrogen and oxygen atoms in total. The monoisotopic (exact) mass is 320 g/mol. The minimum Gasteiger partial charge on any atom is -0.274 e. The van der Waals surface area contributed by atoms with Gasteiger partial charge < -0.3 is 0 Å². The minimum absolute atomic E-state index is 0.0448. The van der Waals surface area contributed by atoms with E-state index in [1.807, 2.05) is 0 Å². The molecule has 112 valence electrons. The predicted octanol–water partition coefficient (Wildman–Crippen LogP) is 2.78. The van der Waals surface area contributed by atoms with Crippen LogP contribution in [-0.2, 0) is 9.59 Å². The fraction of sp³-hybridized carbons (Fsp3) is 0.133. The number of nitrogens with zero attached hydrogens (tertiary/aromatic N) is 2. The Morgan fingerprint density at radius 1 is 1.18 bits per heavy atom. The zero-order chi connectivity index (χ0) is 15.7. The number of carbonyl (C=O) groups excluding carboxylic acids is 2. The van der Waals surface area contributed by atoms with Crippen LogP contribution in [0.15, 0.2) is 47.6 Å². The highest BCUT2D eigenvalue weighted by Crippen LogP contribution is 2.34. The molecule has 2 heterocycles. The van der Waals surface area contributed by atoms with E-state index in [-0.39, 0.29) is 12.1 Å². The van der Waals surface area contributed by atoms with Crippen molar-refractivity contribution < 1.29 is 18.4 Å². The van der Waals surface area contributed by atoms with Gasteiger partial charge in [0, 0.05) is 18.7 Å². The summed E-state index contributed by atoms with van der Waals surface area (Å²) in [5.74, 6) is -2.74. The molecule has 1 saturated heterocycles. The Hall–Kier alpha value is -2.28. The number of benzene rings is 1. The van der Waals surface area contributed by atoms with Crippen molar-refractivity contribution in [2.75, 3.05) is 4.90 Å². The molecule has 0 unspecified atom stereocenters. The third kappa shape index (κ3) is 2.71. The van der Waals surface area contributed by atoms with E-state index in [0.717, 1.165) is 28.8 Å². The van der Waals surface area contributed by atoms with Crippen molar-refractivity contribution in [3.05, 3.63) is 54.2 Å². The highest BCUT2D eigenvalue weighted by molar-refractivity contribution is 8.00. The van der Waals surface area contributed by atoms with Crippen LogP contribution < -0.4 is 4.90 Å². The lowest BCUT2D eigenvalue weighted by molar-refractivity contribution is -0.121. The summed E-state index contributed by atoms with van der Waals surface area (Å²) in [7, 11) is 0. The Morgan fingerprint density at radius 2 is 2.00 bits per heavy atom. The van der Waals surface area contributed by atoms with Gasteiger partial charge in [-0.05, 0) is 24.3 Å². The number of amides is 2. The molecular formula is C15H10F2N2O2S. The Labute approximate surface area is 129 Å². The molecule has 7 heteroatoms. The molecule has 2 amide bonds. The van der Waals surface area contributed by atoms with E-state index in [1.54, 1.807) is 24.4 Å². The van der Waals surface area contributed by atoms with Crippen LogP contribution in [0.25, 0.3) is 0 Å². The molecule has 1 atom stereocenters. The smallest absolute Gasteiger partial charge is 0.247 e. The number of thioether (sulfide) groups is 1. The van der Waals surface area contributed by atoms with E-state index >= 15 is 0 Å². The first-order valence-corrected chi connectivity index (χ1v) is 7.34. The molecule has 0 radical (unpaired) electrons. The van der Waals surface area contributed by atoms with Gasteiger partial charge in [0.1, 0.15) is 11.6 Å². The molecule has 0 spiro atoms. The quantitative estimate of drug-likeness (QED) is 0.816. The summed E-state index contributed by atoms with van der Waals surface area (Å²) in [5, 5.41) is -0.0538. The van der Waals surface area contributed by atoms with Gasteiger partial charge in [0.05, 0.1) is 16.0 Å². The number of imide groups is 1. The highest BCUT2D eigenvalue weighted by Gasteiger charge is 2.41. The molecule has 1 fully saturated rings. The lowest BCUT2D eigenvalue weighted by Gasteiger charge is -2.15. The lowest BCUT2D eigenvalue weighted by Crippen LogP contribution is -2.31. The van der Waals surface area contributed by atoms with Crippen molar-refractivity contribution in [2.45, 2.75) is 16.7 Å². The van der Waals surface area contributed by atoms with E-state index in [4.69, 9.17) is 0 Å². The predicted molar refractivity (Wildman–Crippen MR) is 77.4 cm³/mol. The summed E-state index contributed by atoms with van der Waals surface area (Å²) in [4.78, 5) is 29.2. The van der Waals surface area contributed by atoms with Gasteiger partial charge in [-0.25, -0.2) is 18.7 Å². The topological polar surface area (TPSA) is 50.3 Å². The van der Waals surface area contributed by atoms with Crippen LogP contribution in [0.5, 0.6) is 0 Å². The number of pyridine rings is 1. The molecule has 3 rings (SSSR count). The number of anilines is 1. The number of aromatic nitrogens is 1. The van der Waals surface area contributed by atoms with E-state index in [2.05, 4.69) is 4.98 Å². The number of hydrogen-bond donors (Lipinski definition) is 0. The van der Waals surface area contributed by atoms with Gasteiger partial charge in [-0.1, -0.05) is 17.8 Å². The molecule has 0 bridgehead atoms. The van der Waals surface area contributed by atoms with E-state index in [9.17, 15) is 18.4 Å². The molecule has 0 aliphatic carbocycles. The van der Waals surface area contributed by atoms with Gasteiger partial charge in [0.15, 0.2) is 0 Å². The second-order valence-electron chi connectivity index (χ2n) is 4.64. The average Bonchev–Trinajstić information content (AvgIpc) is 2.75. The number of carbonyl (C=O) groups is 2. The van der Waals surface area contributed by atoms with Crippen LogP contribution in [0.4, 0.5) is 14.5 Å². The lowest BCUT2D eigenvalue weighted by atomic mass is 10.2. The van der Waals surface area contributed by atoms with Crippen LogP contribution in [-0.4, -0.2) is 22.0 Å². The van der Waals surface area contributed by atoms with E-state index in [1.165, 1.54) is 0 Å². The van der Waals surface area contributed by atoms with Gasteiger partial charge in [0.2, 0.25) is 11.8 Å². The summed E-state index contributed by atoms with van der Waals surface area (Å²) in [6.07, 6.45) is 1.54. The maximum absolute atomic E-state index is 13.8. The Kier molecular flexibility index (Phi) is 3.89. The highest BCUT2D eigenvalue weighted by atomic mass is 32.2. The van der Waals surface area contributed by atoms with Crippen molar-refractivity contribution >= 4 is 29.3 Å². The van der Waals surface area contributed by atoms with Gasteiger partial charge >= 0.3 is 0 Å². The van der Waals surface area contributed by atoms with Crippen molar-refractivity contribution in [1.82, 2.24) is 4.98 Å². The SMILES string of the molecule is O=C1C[C@@H](Sc2ccccn2)C(=O)N1c1ccc(F)cc1F. The maximum Gasteiger partial charge on any atom is 0.247 e. The van der Waals surface area contributed by atoms with E-state index < -0.39 is 28.7 Å². The van der Waals surface area contributed by atoms with Crippen LogP contribution in [0.2, 0.25) is 0 Å². The van der Waals surface area contributed by atoms with Crippen molar-refractivity contribution in [3.8, 4) is 0 Å². The third-order valence-electron chi connectivity index (χ3n) is 3.16. The minimum atomic E-state index is -0.940. The summed E-state index contributed by atoms with van der Waals surface area (Å²) < 4.78 is 26.7. The maximum atomic E-state index is 13.8. The molecule has 22 heavy (non-hydrogen) atoms. The molecule has 0 N–H and O–H groups in total. The van der Waals surface area contributed by atoms with Gasteiger partial charge in [0.25, 0.3) is 0 Å². The molecule has 0 saturated carbocycles. The molecular weight excluding hydrogens is 310 g/mol. The normalized spacial score (nSPS) is 18.1. The first kappa shape index (κ1) is 14.6. The summed E-state index contributed by atoms with van der Waals surface area (Å²) >= 11 is 1.15. The van der Waals surface area contributed by atoms with Gasteiger partial charge in [-0.15, -0.1) is 0 Å². The zero-order valence-electron chi connectivity index (χ0n) is 11.2. The number of rotatable bonds is 3. The fourth-order valence-corrected chi connectivity index (χ4v) is 3.18. The van der Waals surface area contributed by atoms with Crippen LogP contribution in [0, 0.1) is 11.6 Å². The van der Waals surface area contributed by atoms with Crippen molar-refractivity contribution in [2.24, 2.45) is 0 Å². The second-order valence-corrected chi connectivity index (χ2v) is 5.86. The third-order valence-corrected chi connectivity index (χ3v) is 4.29. The Morgan fingerprint density at radius 3 is 2.68 bits per heavy atom. The molecule has 1 aliphatic heterocycles. The largest absolute Gasteiger partial charge is 0.274 e. The number of halogens is 2. The molecule has 1 aromatic carbocycles. The summed E-state index contributed by atoms with van der Waals surface area (Å²) in [5.41, 5.74) is -0.222. The fourth-order valence-electron chi connectivity index (χ4n) is 2.17. The molecule has 2 aromatic rings. The van der Waals surface area contributed by atoms with Gasteiger partial charge in [-0.2, -0.15) is 0 Å². The Bertz CT molecular complexity index is 740. The van der Waals surface area contributed by atoms with E-state index in [0.29, 0.717) is 11.1 Å². The van der Waals surface area contributed by atoms with Crippen LogP contribution in [0.3, 0.4) is 0 Å². The van der Waals surface area contributed by atoms with Crippen molar-refractivity contribution in [1.29, 1.82) is 0 Å². The average molecular weight is 320 g/mol. The molecule has 1 aromatic heterocycles. The first-order valence-electron chi connectivity index (χ1n) is 6.46. The van der Waals surface area contributed by atoms with Crippen molar-refractivity contribution in [3.63, 3.8) is 0 Å². The number of hydrogen-bond acceptors (Lipinski definition) is 4.